The van der Waals surface area contributed by atoms with E-state index in [9.17, 15) is 22.4 Å². The molecule has 1 aliphatic rings. The van der Waals surface area contributed by atoms with Gasteiger partial charge in [0.1, 0.15) is 5.82 Å². The van der Waals surface area contributed by atoms with Crippen LogP contribution in [-0.4, -0.2) is 24.4 Å². The minimum absolute atomic E-state index is 0.138. The molecule has 0 aromatic heterocycles. The molecule has 1 aromatic rings. The third-order valence-corrected chi connectivity index (χ3v) is 3.62. The highest BCUT2D eigenvalue weighted by molar-refractivity contribution is 5.94. The van der Waals surface area contributed by atoms with Crippen molar-refractivity contribution in [3.63, 3.8) is 0 Å². The van der Waals surface area contributed by atoms with Crippen molar-refractivity contribution in [3.05, 3.63) is 35.1 Å². The van der Waals surface area contributed by atoms with Gasteiger partial charge in [-0.2, -0.15) is 13.2 Å². The van der Waals surface area contributed by atoms with Gasteiger partial charge in [-0.3, -0.25) is 4.79 Å². The van der Waals surface area contributed by atoms with Crippen LogP contribution in [0.15, 0.2) is 18.2 Å². The fourth-order valence-electron chi connectivity index (χ4n) is 2.24. The number of hydrogen-bond acceptors (Lipinski definition) is 1. The Labute approximate surface area is 114 Å². The van der Waals surface area contributed by atoms with Gasteiger partial charge in [0.2, 0.25) is 0 Å². The maximum atomic E-state index is 13.2. The second-order valence-corrected chi connectivity index (χ2v) is 5.17. The molecule has 6 heteroatoms. The second kappa shape index (κ2) is 5.42. The summed E-state index contributed by atoms with van der Waals surface area (Å²) in [6, 6.07) is 2.35. The van der Waals surface area contributed by atoms with Gasteiger partial charge in [-0.25, -0.2) is 4.39 Å². The predicted octanol–water partition coefficient (Wildman–Crippen LogP) is 3.72. The average molecular weight is 289 g/mol. The highest BCUT2D eigenvalue weighted by Gasteiger charge is 2.35. The number of rotatable bonds is 3. The van der Waals surface area contributed by atoms with E-state index in [1.54, 1.807) is 7.05 Å². The summed E-state index contributed by atoms with van der Waals surface area (Å²) >= 11 is 0. The Morgan fingerprint density at radius 1 is 1.35 bits per heavy atom. The molecular weight excluding hydrogens is 274 g/mol. The van der Waals surface area contributed by atoms with Crippen molar-refractivity contribution in [1.82, 2.24) is 4.90 Å². The molecule has 1 aliphatic carbocycles. The minimum Gasteiger partial charge on any atom is -0.341 e. The molecule has 0 N–H and O–H groups in total. The van der Waals surface area contributed by atoms with Gasteiger partial charge in [0, 0.05) is 19.2 Å². The van der Waals surface area contributed by atoms with E-state index in [4.69, 9.17) is 0 Å². The van der Waals surface area contributed by atoms with E-state index in [0.717, 1.165) is 25.3 Å². The van der Waals surface area contributed by atoms with Gasteiger partial charge in [0.05, 0.1) is 5.56 Å². The summed E-state index contributed by atoms with van der Waals surface area (Å²) in [6.45, 7) is 0.525. The molecule has 1 fully saturated rings. The van der Waals surface area contributed by atoms with Gasteiger partial charge in [0.15, 0.2) is 0 Å². The van der Waals surface area contributed by atoms with Gasteiger partial charge < -0.3 is 4.90 Å². The number of benzene rings is 1. The molecule has 0 heterocycles. The molecule has 0 aliphatic heterocycles. The SMILES string of the molecule is CN(CC1CCC1)C(=O)c1ccc(F)c(C(F)(F)F)c1. The summed E-state index contributed by atoms with van der Waals surface area (Å²) in [6.07, 6.45) is -1.60. The fraction of sp³-hybridized carbons (Fsp3) is 0.500. The average Bonchev–Trinajstić information content (AvgIpc) is 2.31. The molecule has 0 bridgehead atoms. The monoisotopic (exact) mass is 289 g/mol. The number of nitrogens with zero attached hydrogens (tertiary/aromatic N) is 1. The summed E-state index contributed by atoms with van der Waals surface area (Å²) < 4.78 is 51.0. The van der Waals surface area contributed by atoms with E-state index in [-0.39, 0.29) is 5.56 Å². The van der Waals surface area contributed by atoms with Crippen LogP contribution < -0.4 is 0 Å². The summed E-state index contributed by atoms with van der Waals surface area (Å²) in [4.78, 5) is 13.4. The van der Waals surface area contributed by atoms with Crippen LogP contribution in [0.25, 0.3) is 0 Å². The highest BCUT2D eigenvalue weighted by atomic mass is 19.4. The standard InChI is InChI=1S/C14H15F4NO/c1-19(8-9-3-2-4-9)13(20)10-5-6-12(15)11(7-10)14(16,17)18/h5-7,9H,2-4,8H2,1H3. The van der Waals surface area contributed by atoms with Crippen LogP contribution in [0.5, 0.6) is 0 Å². The Morgan fingerprint density at radius 2 is 2.00 bits per heavy atom. The van der Waals surface area contributed by atoms with Crippen molar-refractivity contribution in [2.45, 2.75) is 25.4 Å². The number of carbonyl (C=O) groups is 1. The number of halogens is 4. The van der Waals surface area contributed by atoms with Crippen molar-refractivity contribution in [1.29, 1.82) is 0 Å². The maximum absolute atomic E-state index is 13.2. The zero-order chi connectivity index (χ0) is 14.9. The fourth-order valence-corrected chi connectivity index (χ4v) is 2.24. The third kappa shape index (κ3) is 3.11. The number of hydrogen-bond donors (Lipinski definition) is 0. The summed E-state index contributed by atoms with van der Waals surface area (Å²) in [7, 11) is 1.55. The van der Waals surface area contributed by atoms with Gasteiger partial charge in [-0.1, -0.05) is 6.42 Å². The minimum atomic E-state index is -4.80. The number of amides is 1. The molecule has 0 atom stereocenters. The highest BCUT2D eigenvalue weighted by Crippen LogP contribution is 2.32. The zero-order valence-corrected chi connectivity index (χ0v) is 11.0. The smallest absolute Gasteiger partial charge is 0.341 e. The quantitative estimate of drug-likeness (QED) is 0.777. The van der Waals surface area contributed by atoms with Gasteiger partial charge in [-0.15, -0.1) is 0 Å². The van der Waals surface area contributed by atoms with E-state index >= 15 is 0 Å². The molecule has 110 valence electrons. The maximum Gasteiger partial charge on any atom is 0.419 e. The summed E-state index contributed by atoms with van der Waals surface area (Å²) in [5.41, 5.74) is -1.54. The third-order valence-electron chi connectivity index (χ3n) is 3.62. The zero-order valence-electron chi connectivity index (χ0n) is 11.0. The molecule has 0 spiro atoms. The van der Waals surface area contributed by atoms with Crippen LogP contribution in [0.4, 0.5) is 17.6 Å². The molecule has 2 nitrogen and oxygen atoms in total. The van der Waals surface area contributed by atoms with Crippen molar-refractivity contribution < 1.29 is 22.4 Å². The first-order chi connectivity index (χ1) is 9.29. The van der Waals surface area contributed by atoms with Gasteiger partial charge in [-0.05, 0) is 37.0 Å². The molecule has 1 saturated carbocycles. The lowest BCUT2D eigenvalue weighted by molar-refractivity contribution is -0.140. The van der Waals surface area contributed by atoms with Crippen molar-refractivity contribution in [3.8, 4) is 0 Å². The van der Waals surface area contributed by atoms with E-state index in [0.29, 0.717) is 24.6 Å². The first kappa shape index (κ1) is 14.8. The molecule has 20 heavy (non-hydrogen) atoms. The first-order valence-corrected chi connectivity index (χ1v) is 6.41. The first-order valence-electron chi connectivity index (χ1n) is 6.41. The van der Waals surface area contributed by atoms with Crippen molar-refractivity contribution >= 4 is 5.91 Å². The van der Waals surface area contributed by atoms with Crippen molar-refractivity contribution in [2.24, 2.45) is 5.92 Å². The van der Waals surface area contributed by atoms with Crippen LogP contribution in [-0.2, 0) is 6.18 Å². The molecule has 0 unspecified atom stereocenters. The molecule has 0 saturated heterocycles. The number of alkyl halides is 3. The van der Waals surface area contributed by atoms with E-state index < -0.39 is 23.5 Å². The Kier molecular flexibility index (Phi) is 4.01. The van der Waals surface area contributed by atoms with Crippen LogP contribution in [0, 0.1) is 11.7 Å². The summed E-state index contributed by atoms with van der Waals surface area (Å²) in [5, 5.41) is 0. The van der Waals surface area contributed by atoms with Crippen LogP contribution in [0.3, 0.4) is 0 Å². The molecular formula is C14H15F4NO. The topological polar surface area (TPSA) is 20.3 Å². The lowest BCUT2D eigenvalue weighted by Crippen LogP contribution is -2.34. The van der Waals surface area contributed by atoms with E-state index in [1.165, 1.54) is 4.90 Å². The molecule has 0 radical (unpaired) electrons. The lowest BCUT2D eigenvalue weighted by atomic mass is 9.85. The van der Waals surface area contributed by atoms with Crippen LogP contribution >= 0.6 is 0 Å². The molecule has 2 rings (SSSR count). The van der Waals surface area contributed by atoms with Crippen LogP contribution in [0.2, 0.25) is 0 Å². The number of carbonyl (C=O) groups excluding carboxylic acids is 1. The van der Waals surface area contributed by atoms with E-state index in [2.05, 4.69) is 0 Å². The Bertz CT molecular complexity index is 508. The van der Waals surface area contributed by atoms with Crippen LogP contribution in [0.1, 0.15) is 35.2 Å². The lowest BCUT2D eigenvalue weighted by Gasteiger charge is -2.30. The van der Waals surface area contributed by atoms with Gasteiger partial charge in [0.25, 0.3) is 5.91 Å². The van der Waals surface area contributed by atoms with E-state index in [1.807, 2.05) is 0 Å². The summed E-state index contributed by atoms with van der Waals surface area (Å²) in [5.74, 6) is -1.45. The Balaban J connectivity index is 2.17. The van der Waals surface area contributed by atoms with Crippen molar-refractivity contribution in [2.75, 3.05) is 13.6 Å². The predicted molar refractivity (Wildman–Crippen MR) is 65.7 cm³/mol. The normalized spacial score (nSPS) is 15.8. The molecule has 1 amide bonds. The Morgan fingerprint density at radius 3 is 2.50 bits per heavy atom. The largest absolute Gasteiger partial charge is 0.419 e. The van der Waals surface area contributed by atoms with Gasteiger partial charge >= 0.3 is 6.18 Å². The Hall–Kier alpha value is -1.59. The molecule has 1 aromatic carbocycles. The second-order valence-electron chi connectivity index (χ2n) is 5.17.